The quantitative estimate of drug-likeness (QED) is 0.561. The van der Waals surface area contributed by atoms with Crippen molar-refractivity contribution in [1.82, 2.24) is 0 Å². The van der Waals surface area contributed by atoms with Crippen LogP contribution in [-0.4, -0.2) is 13.1 Å². The summed E-state index contributed by atoms with van der Waals surface area (Å²) in [4.78, 5) is 0. The molecule has 0 amide bonds. The van der Waals surface area contributed by atoms with Crippen molar-refractivity contribution in [3.05, 3.63) is 0 Å². The molecule has 0 N–H and O–H groups in total. The molecule has 0 aliphatic heterocycles. The van der Waals surface area contributed by atoms with Gasteiger partial charge in [-0.3, -0.25) is 0 Å². The molecule has 0 bridgehead atoms. The minimum Gasteiger partial charge on any atom is -0.657 e. The molecule has 0 aliphatic carbocycles. The second kappa shape index (κ2) is 5.49. The molecule has 0 spiro atoms. The summed E-state index contributed by atoms with van der Waals surface area (Å²) in [5.41, 5.74) is -0.0633. The molecule has 0 rings (SSSR count). The average molecular weight is 176 g/mol. The maximum absolute atomic E-state index is 5.63. The van der Waals surface area contributed by atoms with E-state index < -0.39 is 0 Å². The van der Waals surface area contributed by atoms with Crippen LogP contribution in [0.1, 0.15) is 48.5 Å². The molecule has 0 aromatic rings. The summed E-state index contributed by atoms with van der Waals surface area (Å²) in [5, 5.41) is 0.160. The van der Waals surface area contributed by atoms with Gasteiger partial charge in [0, 0.05) is 5.60 Å². The molecule has 0 saturated carbocycles. The zero-order chi connectivity index (χ0) is 9.99. The first-order valence-corrected chi connectivity index (χ1v) is 4.67. The van der Waals surface area contributed by atoms with Gasteiger partial charge in [0.15, 0.2) is 0 Å². The number of hydrogen-bond donors (Lipinski definition) is 0. The Morgan fingerprint density at radius 2 is 1.38 bits per heavy atom. The summed E-state index contributed by atoms with van der Waals surface area (Å²) in [5.74, 6) is 0.611. The van der Waals surface area contributed by atoms with Gasteiger partial charge in [-0.2, -0.15) is 12.8 Å². The van der Waals surface area contributed by atoms with Crippen molar-refractivity contribution in [3.8, 4) is 0 Å². The molecule has 0 fully saturated rings. The predicted molar refractivity (Wildman–Crippen MR) is 55.5 cm³/mol. The van der Waals surface area contributed by atoms with Crippen molar-refractivity contribution < 1.29 is 23.5 Å². The summed E-state index contributed by atoms with van der Waals surface area (Å²) in [6, 6.07) is 0. The van der Waals surface area contributed by atoms with E-state index in [1.807, 2.05) is 7.48 Å². The summed E-state index contributed by atoms with van der Waals surface area (Å²) < 4.78 is 5.63. The van der Waals surface area contributed by atoms with Gasteiger partial charge in [-0.15, -0.1) is 0 Å². The Balaban J connectivity index is 0. The van der Waals surface area contributed by atoms with Crippen LogP contribution in [0.25, 0.3) is 0 Å². The van der Waals surface area contributed by atoms with Crippen LogP contribution in [0.2, 0.25) is 5.31 Å². The molecular weight excluding hydrogens is 154 g/mol. The standard InChI is InChI=1S/C10H22BO.Li/c1-8(2)10(6,7)11-12-9(3,4)5;/h8H,1-7H3;/q-1;+1. The fraction of sp³-hybridized carbons (Fsp3) is 1.00. The second-order valence-corrected chi connectivity index (χ2v) is 5.32. The largest absolute Gasteiger partial charge is 1.00 e. The second-order valence-electron chi connectivity index (χ2n) is 5.32. The predicted octanol–water partition coefficient (Wildman–Crippen LogP) is 0.279. The first-order valence-electron chi connectivity index (χ1n) is 4.67. The van der Waals surface area contributed by atoms with Crippen LogP contribution in [0.5, 0.6) is 0 Å². The van der Waals surface area contributed by atoms with E-state index in [1.54, 1.807) is 0 Å². The Hall–Kier alpha value is 0.622. The third-order valence-electron chi connectivity index (χ3n) is 2.20. The fourth-order valence-electron chi connectivity index (χ4n) is 0.465. The van der Waals surface area contributed by atoms with Crippen molar-refractivity contribution in [2.45, 2.75) is 59.4 Å². The molecule has 2 radical (unpaired) electrons. The molecule has 0 aromatic carbocycles. The van der Waals surface area contributed by atoms with Crippen molar-refractivity contribution in [2.75, 3.05) is 0 Å². The SMILES string of the molecule is CC(C)C(C)(C)[B-]OC(C)(C)C.[Li+]. The van der Waals surface area contributed by atoms with Gasteiger partial charge in [0.2, 0.25) is 0 Å². The van der Waals surface area contributed by atoms with Gasteiger partial charge in [-0.25, -0.2) is 0 Å². The summed E-state index contributed by atoms with van der Waals surface area (Å²) in [7, 11) is 1.97. The van der Waals surface area contributed by atoms with Crippen molar-refractivity contribution >= 4 is 7.48 Å². The third-order valence-corrected chi connectivity index (χ3v) is 2.20. The molecule has 0 aromatic heterocycles. The maximum Gasteiger partial charge on any atom is 1.00 e. The van der Waals surface area contributed by atoms with Crippen LogP contribution < -0.4 is 18.9 Å². The molecule has 1 nitrogen and oxygen atoms in total. The Kier molecular flexibility index (Phi) is 6.79. The van der Waals surface area contributed by atoms with Crippen LogP contribution in [0.3, 0.4) is 0 Å². The zero-order valence-corrected chi connectivity index (χ0v) is 10.6. The molecule has 72 valence electrons. The number of rotatable bonds is 3. The van der Waals surface area contributed by atoms with E-state index in [0.717, 1.165) is 0 Å². The van der Waals surface area contributed by atoms with Gasteiger partial charge in [0.05, 0.1) is 0 Å². The van der Waals surface area contributed by atoms with Crippen molar-refractivity contribution in [1.29, 1.82) is 0 Å². The Morgan fingerprint density at radius 1 is 1.00 bits per heavy atom. The van der Waals surface area contributed by atoms with E-state index in [-0.39, 0.29) is 29.8 Å². The smallest absolute Gasteiger partial charge is 0.657 e. The van der Waals surface area contributed by atoms with Crippen LogP contribution in [0.15, 0.2) is 0 Å². The van der Waals surface area contributed by atoms with Gasteiger partial charge in [-0.1, -0.05) is 33.6 Å². The molecule has 0 atom stereocenters. The first kappa shape index (κ1) is 16.1. The molecule has 3 heteroatoms. The molecular formula is C10H22BLiO. The summed E-state index contributed by atoms with van der Waals surface area (Å²) in [6.07, 6.45) is 0. The average Bonchev–Trinajstić information content (AvgIpc) is 1.82. The Morgan fingerprint density at radius 3 is 1.62 bits per heavy atom. The maximum atomic E-state index is 5.63. The minimum atomic E-state index is -0.0633. The van der Waals surface area contributed by atoms with Gasteiger partial charge in [-0.05, 0) is 20.8 Å². The Labute approximate surface area is 96.5 Å². The normalized spacial score (nSPS) is 12.9. The summed E-state index contributed by atoms with van der Waals surface area (Å²) in [6.45, 7) is 15.0. The van der Waals surface area contributed by atoms with E-state index >= 15 is 0 Å². The summed E-state index contributed by atoms with van der Waals surface area (Å²) >= 11 is 0. The van der Waals surface area contributed by atoms with Crippen LogP contribution in [0.4, 0.5) is 0 Å². The zero-order valence-electron chi connectivity index (χ0n) is 10.6. The molecule has 0 aliphatic rings. The fourth-order valence-corrected chi connectivity index (χ4v) is 0.465. The Bertz CT molecular complexity index is 138. The van der Waals surface area contributed by atoms with Gasteiger partial charge in [0.1, 0.15) is 0 Å². The molecule has 0 unspecified atom stereocenters. The van der Waals surface area contributed by atoms with Crippen molar-refractivity contribution in [3.63, 3.8) is 0 Å². The number of hydrogen-bond acceptors (Lipinski definition) is 1. The van der Waals surface area contributed by atoms with Crippen LogP contribution >= 0.6 is 0 Å². The van der Waals surface area contributed by atoms with Gasteiger partial charge >= 0.3 is 18.9 Å². The van der Waals surface area contributed by atoms with Crippen LogP contribution in [0, 0.1) is 5.92 Å². The molecule has 13 heavy (non-hydrogen) atoms. The van der Waals surface area contributed by atoms with E-state index in [9.17, 15) is 0 Å². The van der Waals surface area contributed by atoms with E-state index in [0.29, 0.717) is 5.92 Å². The minimum absolute atomic E-state index is 0. The van der Waals surface area contributed by atoms with E-state index in [4.69, 9.17) is 4.65 Å². The van der Waals surface area contributed by atoms with Gasteiger partial charge < -0.3 is 4.65 Å². The van der Waals surface area contributed by atoms with Crippen molar-refractivity contribution in [2.24, 2.45) is 5.92 Å². The molecule has 0 saturated heterocycles. The van der Waals surface area contributed by atoms with E-state index in [2.05, 4.69) is 48.5 Å². The topological polar surface area (TPSA) is 9.23 Å². The monoisotopic (exact) mass is 176 g/mol. The van der Waals surface area contributed by atoms with Crippen LogP contribution in [-0.2, 0) is 4.65 Å². The molecule has 0 heterocycles. The van der Waals surface area contributed by atoms with E-state index in [1.165, 1.54) is 0 Å². The third kappa shape index (κ3) is 7.67. The first-order chi connectivity index (χ1) is 5.15. The van der Waals surface area contributed by atoms with Gasteiger partial charge in [0.25, 0.3) is 0 Å².